The molecule has 1 aliphatic heterocycles. The number of hydrogen-bond acceptors (Lipinski definition) is 1. The van der Waals surface area contributed by atoms with Gasteiger partial charge in [-0.1, -0.05) is 34.3 Å². The Labute approximate surface area is 89.2 Å². The van der Waals surface area contributed by atoms with E-state index >= 15 is 0 Å². The predicted molar refractivity (Wildman–Crippen MR) is 63.2 cm³/mol. The van der Waals surface area contributed by atoms with Crippen molar-refractivity contribution < 1.29 is 0 Å². The van der Waals surface area contributed by atoms with Crippen molar-refractivity contribution in [1.82, 2.24) is 4.90 Å². The lowest BCUT2D eigenvalue weighted by Crippen LogP contribution is -2.36. The SMILES string of the molecule is C=C1CCCN1C(CC(C)C)C(C)C. The van der Waals surface area contributed by atoms with E-state index in [1.165, 1.54) is 31.5 Å². The molecule has 1 unspecified atom stereocenters. The standard InChI is InChI=1S/C13H25N/c1-10(2)9-13(11(3)4)14-8-6-7-12(14)5/h10-11,13H,5-9H2,1-4H3. The van der Waals surface area contributed by atoms with Gasteiger partial charge in [-0.05, 0) is 31.1 Å². The van der Waals surface area contributed by atoms with Gasteiger partial charge in [-0.15, -0.1) is 0 Å². The fraction of sp³-hybridized carbons (Fsp3) is 0.846. The molecule has 1 heterocycles. The lowest BCUT2D eigenvalue weighted by Gasteiger charge is -2.34. The van der Waals surface area contributed by atoms with Crippen LogP contribution in [0.25, 0.3) is 0 Å². The van der Waals surface area contributed by atoms with E-state index < -0.39 is 0 Å². The molecule has 1 heteroatoms. The first kappa shape index (κ1) is 11.6. The zero-order valence-electron chi connectivity index (χ0n) is 10.2. The maximum absolute atomic E-state index is 4.17. The van der Waals surface area contributed by atoms with Crippen molar-refractivity contribution in [2.45, 2.75) is 53.0 Å². The highest BCUT2D eigenvalue weighted by Gasteiger charge is 2.26. The molecule has 0 spiro atoms. The summed E-state index contributed by atoms with van der Waals surface area (Å²) in [6, 6.07) is 0.713. The van der Waals surface area contributed by atoms with E-state index in [1.54, 1.807) is 0 Å². The van der Waals surface area contributed by atoms with Crippen LogP contribution in [-0.2, 0) is 0 Å². The molecule has 0 aromatic carbocycles. The minimum Gasteiger partial charge on any atom is -0.372 e. The minimum absolute atomic E-state index is 0.713. The van der Waals surface area contributed by atoms with Gasteiger partial charge >= 0.3 is 0 Å². The zero-order valence-corrected chi connectivity index (χ0v) is 10.2. The molecule has 1 fully saturated rings. The lowest BCUT2D eigenvalue weighted by atomic mass is 9.93. The summed E-state index contributed by atoms with van der Waals surface area (Å²) in [5.41, 5.74) is 1.37. The molecule has 1 aliphatic rings. The van der Waals surface area contributed by atoms with E-state index in [2.05, 4.69) is 39.2 Å². The molecule has 0 radical (unpaired) electrons. The van der Waals surface area contributed by atoms with Crippen molar-refractivity contribution in [2.24, 2.45) is 11.8 Å². The summed E-state index contributed by atoms with van der Waals surface area (Å²) in [6.45, 7) is 14.7. The van der Waals surface area contributed by atoms with Gasteiger partial charge in [-0.3, -0.25) is 0 Å². The third kappa shape index (κ3) is 2.76. The Morgan fingerprint density at radius 1 is 1.29 bits per heavy atom. The second-order valence-electron chi connectivity index (χ2n) is 5.30. The van der Waals surface area contributed by atoms with Crippen LogP contribution in [0.5, 0.6) is 0 Å². The highest BCUT2D eigenvalue weighted by molar-refractivity contribution is 5.02. The van der Waals surface area contributed by atoms with Crippen molar-refractivity contribution in [1.29, 1.82) is 0 Å². The molecule has 1 atom stereocenters. The van der Waals surface area contributed by atoms with Crippen LogP contribution in [0.2, 0.25) is 0 Å². The smallest absolute Gasteiger partial charge is 0.0312 e. The van der Waals surface area contributed by atoms with E-state index in [4.69, 9.17) is 0 Å². The van der Waals surface area contributed by atoms with Crippen LogP contribution in [0.15, 0.2) is 12.3 Å². The van der Waals surface area contributed by atoms with Crippen molar-refractivity contribution in [3.63, 3.8) is 0 Å². The van der Waals surface area contributed by atoms with Crippen LogP contribution in [0.1, 0.15) is 47.0 Å². The molecule has 82 valence electrons. The number of rotatable bonds is 4. The molecule has 0 amide bonds. The molecule has 0 aliphatic carbocycles. The highest BCUT2D eigenvalue weighted by Crippen LogP contribution is 2.28. The molecule has 14 heavy (non-hydrogen) atoms. The Balaban J connectivity index is 2.61. The molecule has 0 bridgehead atoms. The van der Waals surface area contributed by atoms with Gasteiger partial charge in [0.05, 0.1) is 0 Å². The summed E-state index contributed by atoms with van der Waals surface area (Å²) in [6.07, 6.45) is 3.82. The van der Waals surface area contributed by atoms with Gasteiger partial charge in [0.15, 0.2) is 0 Å². The average Bonchev–Trinajstić information content (AvgIpc) is 2.46. The largest absolute Gasteiger partial charge is 0.372 e. The Morgan fingerprint density at radius 3 is 2.29 bits per heavy atom. The van der Waals surface area contributed by atoms with Crippen LogP contribution in [-0.4, -0.2) is 17.5 Å². The van der Waals surface area contributed by atoms with Gasteiger partial charge in [-0.25, -0.2) is 0 Å². The topological polar surface area (TPSA) is 3.24 Å². The summed E-state index contributed by atoms with van der Waals surface area (Å²) in [5, 5.41) is 0. The molecule has 0 aromatic heterocycles. The Hall–Kier alpha value is -0.460. The van der Waals surface area contributed by atoms with Gasteiger partial charge in [0.25, 0.3) is 0 Å². The maximum atomic E-state index is 4.17. The number of allylic oxidation sites excluding steroid dienone is 1. The van der Waals surface area contributed by atoms with Crippen LogP contribution in [0, 0.1) is 11.8 Å². The Bertz CT molecular complexity index is 193. The minimum atomic E-state index is 0.713. The first-order chi connectivity index (χ1) is 6.52. The van der Waals surface area contributed by atoms with Crippen molar-refractivity contribution in [3.05, 3.63) is 12.3 Å². The van der Waals surface area contributed by atoms with Crippen LogP contribution in [0.4, 0.5) is 0 Å². The molecule has 1 saturated heterocycles. The number of hydrogen-bond donors (Lipinski definition) is 0. The third-order valence-electron chi connectivity index (χ3n) is 3.15. The fourth-order valence-electron chi connectivity index (χ4n) is 2.40. The summed E-state index contributed by atoms with van der Waals surface area (Å²) in [5.74, 6) is 1.53. The molecular weight excluding hydrogens is 170 g/mol. The van der Waals surface area contributed by atoms with Gasteiger partial charge in [0.1, 0.15) is 0 Å². The quantitative estimate of drug-likeness (QED) is 0.661. The van der Waals surface area contributed by atoms with Crippen molar-refractivity contribution >= 4 is 0 Å². The molecule has 0 saturated carbocycles. The molecule has 1 rings (SSSR count). The van der Waals surface area contributed by atoms with Crippen LogP contribution < -0.4 is 0 Å². The van der Waals surface area contributed by atoms with Gasteiger partial charge < -0.3 is 4.90 Å². The average molecular weight is 195 g/mol. The normalized spacial score (nSPS) is 19.9. The fourth-order valence-corrected chi connectivity index (χ4v) is 2.40. The molecule has 1 nitrogen and oxygen atoms in total. The lowest BCUT2D eigenvalue weighted by molar-refractivity contribution is 0.195. The van der Waals surface area contributed by atoms with Crippen LogP contribution >= 0.6 is 0 Å². The van der Waals surface area contributed by atoms with Crippen LogP contribution in [0.3, 0.4) is 0 Å². The summed E-state index contributed by atoms with van der Waals surface area (Å²) >= 11 is 0. The van der Waals surface area contributed by atoms with E-state index in [0.29, 0.717) is 6.04 Å². The second-order valence-corrected chi connectivity index (χ2v) is 5.30. The third-order valence-corrected chi connectivity index (χ3v) is 3.15. The number of nitrogens with zero attached hydrogens (tertiary/aromatic N) is 1. The number of likely N-dealkylation sites (tertiary alicyclic amines) is 1. The van der Waals surface area contributed by atoms with Gasteiger partial charge in [-0.2, -0.15) is 0 Å². The molecule has 0 aromatic rings. The summed E-state index contributed by atoms with van der Waals surface area (Å²) < 4.78 is 0. The predicted octanol–water partition coefficient (Wildman–Crippen LogP) is 3.67. The van der Waals surface area contributed by atoms with E-state index in [9.17, 15) is 0 Å². The van der Waals surface area contributed by atoms with Gasteiger partial charge in [0.2, 0.25) is 0 Å². The van der Waals surface area contributed by atoms with Crippen molar-refractivity contribution in [3.8, 4) is 0 Å². The van der Waals surface area contributed by atoms with Crippen molar-refractivity contribution in [2.75, 3.05) is 6.54 Å². The van der Waals surface area contributed by atoms with Gasteiger partial charge in [0, 0.05) is 18.3 Å². The summed E-state index contributed by atoms with van der Waals surface area (Å²) in [4.78, 5) is 2.55. The monoisotopic (exact) mass is 195 g/mol. The Morgan fingerprint density at radius 2 is 1.93 bits per heavy atom. The first-order valence-electron chi connectivity index (χ1n) is 5.96. The van der Waals surface area contributed by atoms with E-state index in [0.717, 1.165) is 11.8 Å². The highest BCUT2D eigenvalue weighted by atomic mass is 15.2. The first-order valence-corrected chi connectivity index (χ1v) is 5.96. The maximum Gasteiger partial charge on any atom is 0.0312 e. The van der Waals surface area contributed by atoms with E-state index in [1.807, 2.05) is 0 Å². The Kier molecular flexibility index (Phi) is 4.03. The second kappa shape index (κ2) is 4.86. The summed E-state index contributed by atoms with van der Waals surface area (Å²) in [7, 11) is 0. The molecule has 0 N–H and O–H groups in total. The van der Waals surface area contributed by atoms with E-state index in [-0.39, 0.29) is 0 Å². The zero-order chi connectivity index (χ0) is 10.7. The molecular formula is C13H25N.